The van der Waals surface area contributed by atoms with Crippen LogP contribution in [-0.2, 0) is 6.42 Å². The Labute approximate surface area is 129 Å². The van der Waals surface area contributed by atoms with E-state index in [-0.39, 0.29) is 17.6 Å². The van der Waals surface area contributed by atoms with Crippen molar-refractivity contribution in [2.75, 3.05) is 0 Å². The van der Waals surface area contributed by atoms with Crippen molar-refractivity contribution in [1.29, 1.82) is 0 Å². The molecule has 1 atom stereocenters. The van der Waals surface area contributed by atoms with E-state index in [1.807, 2.05) is 20.8 Å². The van der Waals surface area contributed by atoms with Crippen molar-refractivity contribution < 1.29 is 19.1 Å². The minimum absolute atomic E-state index is 0.00433. The van der Waals surface area contributed by atoms with Gasteiger partial charge >= 0.3 is 5.97 Å². The average molecular weight is 301 g/mol. The third-order valence-electron chi connectivity index (χ3n) is 3.24. The lowest BCUT2D eigenvalue weighted by atomic mass is 10.0. The molecule has 2 aromatic rings. The number of benzene rings is 1. The maximum atomic E-state index is 12.0. The Balaban J connectivity index is 1.99. The van der Waals surface area contributed by atoms with Gasteiger partial charge in [-0.05, 0) is 44.9 Å². The molecule has 0 fully saturated rings. The molecule has 2 rings (SSSR count). The lowest BCUT2D eigenvalue weighted by molar-refractivity contribution is 0.0659. The Bertz CT molecular complexity index is 682. The summed E-state index contributed by atoms with van der Waals surface area (Å²) in [6, 6.07) is 8.82. The van der Waals surface area contributed by atoms with Gasteiger partial charge in [-0.2, -0.15) is 0 Å². The van der Waals surface area contributed by atoms with Gasteiger partial charge in [-0.25, -0.2) is 4.79 Å². The first-order chi connectivity index (χ1) is 10.3. The lowest BCUT2D eigenvalue weighted by Gasteiger charge is -2.14. The van der Waals surface area contributed by atoms with Gasteiger partial charge in [0.2, 0.25) is 5.76 Å². The van der Waals surface area contributed by atoms with E-state index >= 15 is 0 Å². The second-order valence-electron chi connectivity index (χ2n) is 5.54. The smallest absolute Gasteiger partial charge is 0.371 e. The highest BCUT2D eigenvalue weighted by atomic mass is 16.4. The van der Waals surface area contributed by atoms with E-state index in [0.717, 1.165) is 5.56 Å². The number of carboxylic acid groups (broad SMARTS) is 1. The van der Waals surface area contributed by atoms with E-state index in [1.165, 1.54) is 23.3 Å². The van der Waals surface area contributed by atoms with Crippen molar-refractivity contribution in [2.45, 2.75) is 33.2 Å². The summed E-state index contributed by atoms with van der Waals surface area (Å²) in [6.45, 7) is 5.97. The molecule has 1 aromatic carbocycles. The van der Waals surface area contributed by atoms with E-state index in [2.05, 4.69) is 23.5 Å². The lowest BCUT2D eigenvalue weighted by Crippen LogP contribution is -2.33. The second kappa shape index (κ2) is 6.47. The topological polar surface area (TPSA) is 79.5 Å². The SMILES string of the molecule is Cc1cc(C)cc(CC(C)NC(=O)c2ccc(C(=O)O)o2)c1. The summed E-state index contributed by atoms with van der Waals surface area (Å²) in [7, 11) is 0. The maximum Gasteiger partial charge on any atom is 0.371 e. The van der Waals surface area contributed by atoms with E-state index < -0.39 is 11.9 Å². The predicted molar refractivity (Wildman–Crippen MR) is 82.2 cm³/mol. The number of carboxylic acids is 1. The number of hydrogen-bond acceptors (Lipinski definition) is 3. The Morgan fingerprint density at radius 2 is 1.73 bits per heavy atom. The zero-order valence-corrected chi connectivity index (χ0v) is 12.8. The van der Waals surface area contributed by atoms with Crippen molar-refractivity contribution >= 4 is 11.9 Å². The Hall–Kier alpha value is -2.56. The third kappa shape index (κ3) is 3.97. The Morgan fingerprint density at radius 1 is 1.14 bits per heavy atom. The molecule has 5 nitrogen and oxygen atoms in total. The largest absolute Gasteiger partial charge is 0.475 e. The van der Waals surface area contributed by atoms with Crippen LogP contribution in [-0.4, -0.2) is 23.0 Å². The molecule has 0 aliphatic heterocycles. The van der Waals surface area contributed by atoms with Gasteiger partial charge in [0.25, 0.3) is 5.91 Å². The Morgan fingerprint density at radius 3 is 2.27 bits per heavy atom. The number of carbonyl (C=O) groups is 2. The normalized spacial score (nSPS) is 12.0. The highest BCUT2D eigenvalue weighted by molar-refractivity contribution is 5.93. The minimum Gasteiger partial charge on any atom is -0.475 e. The van der Waals surface area contributed by atoms with Gasteiger partial charge in [0.1, 0.15) is 0 Å². The van der Waals surface area contributed by atoms with Crippen molar-refractivity contribution in [3.63, 3.8) is 0 Å². The molecule has 0 aliphatic carbocycles. The van der Waals surface area contributed by atoms with Gasteiger partial charge in [0.05, 0.1) is 0 Å². The van der Waals surface area contributed by atoms with Crippen LogP contribution in [0.5, 0.6) is 0 Å². The first-order valence-corrected chi connectivity index (χ1v) is 7.06. The van der Waals surface area contributed by atoms with Crippen molar-refractivity contribution in [2.24, 2.45) is 0 Å². The number of furan rings is 1. The zero-order valence-electron chi connectivity index (χ0n) is 12.8. The molecule has 2 N–H and O–H groups in total. The monoisotopic (exact) mass is 301 g/mol. The van der Waals surface area contributed by atoms with Gasteiger partial charge in [-0.15, -0.1) is 0 Å². The highest BCUT2D eigenvalue weighted by Crippen LogP contribution is 2.12. The summed E-state index contributed by atoms with van der Waals surface area (Å²) in [5, 5.41) is 11.6. The van der Waals surface area contributed by atoms with Crippen LogP contribution in [0.25, 0.3) is 0 Å². The number of nitrogens with one attached hydrogen (secondary N) is 1. The Kier molecular flexibility index (Phi) is 4.65. The van der Waals surface area contributed by atoms with E-state index in [1.54, 1.807) is 0 Å². The van der Waals surface area contributed by atoms with Crippen LogP contribution in [0.3, 0.4) is 0 Å². The summed E-state index contributed by atoms with van der Waals surface area (Å²) in [4.78, 5) is 22.8. The number of amides is 1. The second-order valence-corrected chi connectivity index (χ2v) is 5.54. The van der Waals surface area contributed by atoms with Crippen molar-refractivity contribution in [1.82, 2.24) is 5.32 Å². The molecule has 0 saturated heterocycles. The van der Waals surface area contributed by atoms with Crippen LogP contribution < -0.4 is 5.32 Å². The van der Waals surface area contributed by atoms with Crippen LogP contribution in [0.15, 0.2) is 34.7 Å². The fourth-order valence-electron chi connectivity index (χ4n) is 2.46. The third-order valence-corrected chi connectivity index (χ3v) is 3.24. The van der Waals surface area contributed by atoms with Gasteiger partial charge in [0, 0.05) is 6.04 Å². The first kappa shape index (κ1) is 15.8. The average Bonchev–Trinajstić information content (AvgIpc) is 2.86. The first-order valence-electron chi connectivity index (χ1n) is 7.06. The summed E-state index contributed by atoms with van der Waals surface area (Å²) < 4.78 is 4.98. The summed E-state index contributed by atoms with van der Waals surface area (Å²) >= 11 is 0. The number of aryl methyl sites for hydroxylation is 2. The molecule has 1 unspecified atom stereocenters. The molecular formula is C17H19NO4. The number of carbonyl (C=O) groups excluding carboxylic acids is 1. The van der Waals surface area contributed by atoms with Crippen molar-refractivity contribution in [3.8, 4) is 0 Å². The molecular weight excluding hydrogens is 282 g/mol. The van der Waals surface area contributed by atoms with E-state index in [4.69, 9.17) is 9.52 Å². The highest BCUT2D eigenvalue weighted by Gasteiger charge is 2.16. The molecule has 1 heterocycles. The zero-order chi connectivity index (χ0) is 16.3. The summed E-state index contributed by atoms with van der Waals surface area (Å²) in [5.74, 6) is -1.84. The number of rotatable bonds is 5. The molecule has 1 aromatic heterocycles. The fourth-order valence-corrected chi connectivity index (χ4v) is 2.46. The molecule has 0 bridgehead atoms. The summed E-state index contributed by atoms with van der Waals surface area (Å²) in [5.41, 5.74) is 3.52. The number of hydrogen-bond donors (Lipinski definition) is 2. The van der Waals surface area contributed by atoms with Gasteiger partial charge in [-0.3, -0.25) is 4.79 Å². The molecule has 116 valence electrons. The fraction of sp³-hybridized carbons (Fsp3) is 0.294. The maximum absolute atomic E-state index is 12.0. The predicted octanol–water partition coefficient (Wildman–Crippen LogP) is 2.96. The summed E-state index contributed by atoms with van der Waals surface area (Å²) in [6.07, 6.45) is 0.695. The molecule has 0 radical (unpaired) electrons. The van der Waals surface area contributed by atoms with E-state index in [0.29, 0.717) is 6.42 Å². The molecule has 0 spiro atoms. The molecule has 0 aliphatic rings. The molecule has 1 amide bonds. The quantitative estimate of drug-likeness (QED) is 0.890. The van der Waals surface area contributed by atoms with Crippen LogP contribution in [0.4, 0.5) is 0 Å². The van der Waals surface area contributed by atoms with Crippen LogP contribution >= 0.6 is 0 Å². The van der Waals surface area contributed by atoms with E-state index in [9.17, 15) is 9.59 Å². The minimum atomic E-state index is -1.19. The standard InChI is InChI=1S/C17H19NO4/c1-10-6-11(2)8-13(7-10)9-12(3)18-16(19)14-4-5-15(22-14)17(20)21/h4-8,12H,9H2,1-3H3,(H,18,19)(H,20,21). The van der Waals surface area contributed by atoms with Crippen LogP contribution in [0.1, 0.15) is 44.7 Å². The van der Waals surface area contributed by atoms with Gasteiger partial charge in [0.15, 0.2) is 5.76 Å². The number of aromatic carboxylic acids is 1. The van der Waals surface area contributed by atoms with Crippen LogP contribution in [0.2, 0.25) is 0 Å². The molecule has 0 saturated carbocycles. The van der Waals surface area contributed by atoms with Crippen molar-refractivity contribution in [3.05, 3.63) is 58.5 Å². The van der Waals surface area contributed by atoms with Crippen LogP contribution in [0, 0.1) is 13.8 Å². The molecule has 22 heavy (non-hydrogen) atoms. The molecule has 5 heteroatoms. The van der Waals surface area contributed by atoms with Gasteiger partial charge < -0.3 is 14.8 Å². The van der Waals surface area contributed by atoms with Gasteiger partial charge in [-0.1, -0.05) is 29.3 Å².